The van der Waals surface area contributed by atoms with Crippen LogP contribution in [0.3, 0.4) is 0 Å². The van der Waals surface area contributed by atoms with Crippen LogP contribution in [0.15, 0.2) is 36.4 Å². The Bertz CT molecular complexity index is 933. The van der Waals surface area contributed by atoms with Crippen LogP contribution in [0.5, 0.6) is 0 Å². The molecule has 3 N–H and O–H groups in total. The molecular weight excluding hydrogens is 424 g/mol. The minimum absolute atomic E-state index is 0.0409. The van der Waals surface area contributed by atoms with Gasteiger partial charge in [-0.25, -0.2) is 4.39 Å². The van der Waals surface area contributed by atoms with Crippen LogP contribution >= 0.6 is 23.2 Å². The van der Waals surface area contributed by atoms with Crippen molar-refractivity contribution in [2.45, 2.75) is 56.5 Å². The number of nitrogens with two attached hydrogens (primary N) is 1. The summed E-state index contributed by atoms with van der Waals surface area (Å²) in [7, 11) is 0. The summed E-state index contributed by atoms with van der Waals surface area (Å²) in [5, 5.41) is 3.59. The van der Waals surface area contributed by atoms with E-state index in [1.165, 1.54) is 12.5 Å². The van der Waals surface area contributed by atoms with Crippen LogP contribution in [-0.4, -0.2) is 24.5 Å². The zero-order chi connectivity index (χ0) is 21.3. The highest BCUT2D eigenvalue weighted by molar-refractivity contribution is 6.31. The van der Waals surface area contributed by atoms with E-state index in [1.807, 2.05) is 12.1 Å². The number of fused-ring (bicyclic) bond motifs is 1. The van der Waals surface area contributed by atoms with E-state index in [1.54, 1.807) is 18.2 Å². The smallest absolute Gasteiger partial charge is 0.225 e. The fraction of sp³-hybridized carbons (Fsp3) is 0.435. The largest absolute Gasteiger partial charge is 0.365 e. The quantitative estimate of drug-likeness (QED) is 0.615. The van der Waals surface area contributed by atoms with Gasteiger partial charge in [0, 0.05) is 36.0 Å². The van der Waals surface area contributed by atoms with E-state index in [0.29, 0.717) is 28.9 Å². The van der Waals surface area contributed by atoms with Crippen LogP contribution in [0.1, 0.15) is 50.0 Å². The molecule has 1 unspecified atom stereocenters. The van der Waals surface area contributed by atoms with Crippen molar-refractivity contribution in [3.63, 3.8) is 0 Å². The second-order valence-corrected chi connectivity index (χ2v) is 9.11. The van der Waals surface area contributed by atoms with E-state index in [9.17, 15) is 9.18 Å². The molecule has 2 atom stereocenters. The first kappa shape index (κ1) is 21.4. The molecular formula is C23H26Cl2FN3O. The van der Waals surface area contributed by atoms with E-state index in [2.05, 4.69) is 10.2 Å². The second kappa shape index (κ2) is 9.13. The normalized spacial score (nSPS) is 23.2. The number of nitrogens with zero attached hydrogens (tertiary/aromatic N) is 1. The Labute approximate surface area is 186 Å². The Hall–Kier alpha value is -1.82. The molecule has 0 radical (unpaired) electrons. The minimum atomic E-state index is -0.503. The Balaban J connectivity index is 1.76. The first-order valence-electron chi connectivity index (χ1n) is 10.5. The third-order valence-electron chi connectivity index (χ3n) is 6.27. The van der Waals surface area contributed by atoms with Crippen molar-refractivity contribution in [1.82, 2.24) is 0 Å². The lowest BCUT2D eigenvalue weighted by atomic mass is 9.87. The number of hydrogen-bond donors (Lipinski definition) is 2. The van der Waals surface area contributed by atoms with Crippen LogP contribution in [0.25, 0.3) is 0 Å². The van der Waals surface area contributed by atoms with Gasteiger partial charge in [0.1, 0.15) is 5.82 Å². The number of rotatable bonds is 2. The average Bonchev–Trinajstić information content (AvgIpc) is 2.78. The summed E-state index contributed by atoms with van der Waals surface area (Å²) in [5.74, 6) is -1.21. The number of carbonyl (C=O) groups is 1. The van der Waals surface area contributed by atoms with E-state index in [4.69, 9.17) is 28.9 Å². The molecule has 2 aromatic carbocycles. The highest BCUT2D eigenvalue weighted by atomic mass is 35.5. The van der Waals surface area contributed by atoms with Crippen LogP contribution in [0.2, 0.25) is 10.0 Å². The third-order valence-corrected chi connectivity index (χ3v) is 6.80. The third kappa shape index (κ3) is 4.43. The number of benzene rings is 2. The molecule has 1 amide bonds. The van der Waals surface area contributed by atoms with Gasteiger partial charge >= 0.3 is 0 Å². The van der Waals surface area contributed by atoms with Gasteiger partial charge in [0.25, 0.3) is 0 Å². The Morgan fingerprint density at radius 3 is 2.63 bits per heavy atom. The maximum absolute atomic E-state index is 14.8. The summed E-state index contributed by atoms with van der Waals surface area (Å²) in [6.45, 7) is 0.519. The van der Waals surface area contributed by atoms with Crippen LogP contribution < -0.4 is 16.0 Å². The maximum Gasteiger partial charge on any atom is 0.225 e. The number of hydrogen-bond acceptors (Lipinski definition) is 3. The lowest BCUT2D eigenvalue weighted by Gasteiger charge is -2.39. The summed E-state index contributed by atoms with van der Waals surface area (Å²) >= 11 is 12.2. The van der Waals surface area contributed by atoms with Gasteiger partial charge in [-0.3, -0.25) is 4.79 Å². The van der Waals surface area contributed by atoms with E-state index in [-0.39, 0.29) is 17.4 Å². The van der Waals surface area contributed by atoms with Crippen LogP contribution in [0.4, 0.5) is 15.8 Å². The topological polar surface area (TPSA) is 58.4 Å². The highest BCUT2D eigenvalue weighted by Crippen LogP contribution is 2.38. The van der Waals surface area contributed by atoms with Gasteiger partial charge in [-0.2, -0.15) is 0 Å². The Kier molecular flexibility index (Phi) is 6.51. The van der Waals surface area contributed by atoms with Crippen molar-refractivity contribution in [2.24, 2.45) is 5.73 Å². The minimum Gasteiger partial charge on any atom is -0.365 e. The van der Waals surface area contributed by atoms with Gasteiger partial charge in [0.15, 0.2) is 0 Å². The molecule has 1 saturated carbocycles. The summed E-state index contributed by atoms with van der Waals surface area (Å²) in [6, 6.07) is 10.3. The molecule has 2 aliphatic rings. The Morgan fingerprint density at radius 2 is 1.87 bits per heavy atom. The zero-order valence-corrected chi connectivity index (χ0v) is 18.2. The molecule has 0 spiro atoms. The van der Waals surface area contributed by atoms with Gasteiger partial charge in [0.05, 0.1) is 16.4 Å². The van der Waals surface area contributed by atoms with Gasteiger partial charge in [0.2, 0.25) is 5.91 Å². The standard InChI is InChI=1S/C23H26Cl2FN3O/c24-14-9-10-21-20(11-14)28-22(30)12-17(16-7-4-8-18(25)23(16)26)19(27)13-29(21)15-5-2-1-3-6-15/h4,7-11,15,17,19H,1-3,5-6,12-13,27H2,(H,28,30)/t17-,19?/m0/s1. The van der Waals surface area contributed by atoms with Crippen LogP contribution in [0, 0.1) is 5.82 Å². The highest BCUT2D eigenvalue weighted by Gasteiger charge is 2.33. The monoisotopic (exact) mass is 449 g/mol. The van der Waals surface area contributed by atoms with Crippen LogP contribution in [-0.2, 0) is 4.79 Å². The van der Waals surface area contributed by atoms with Crippen molar-refractivity contribution >= 4 is 40.5 Å². The van der Waals surface area contributed by atoms with E-state index in [0.717, 1.165) is 31.4 Å². The molecule has 1 fully saturated rings. The number of carbonyl (C=O) groups excluding carboxylic acids is 1. The summed E-state index contributed by atoms with van der Waals surface area (Å²) < 4.78 is 14.8. The summed E-state index contributed by atoms with van der Waals surface area (Å²) in [5.41, 5.74) is 8.64. The number of nitrogens with one attached hydrogen (secondary N) is 1. The van der Waals surface area contributed by atoms with Crippen molar-refractivity contribution in [2.75, 3.05) is 16.8 Å². The molecule has 160 valence electrons. The first-order valence-corrected chi connectivity index (χ1v) is 11.2. The lowest BCUT2D eigenvalue weighted by Crippen LogP contribution is -2.47. The lowest BCUT2D eigenvalue weighted by molar-refractivity contribution is -0.116. The molecule has 1 heterocycles. The van der Waals surface area contributed by atoms with Crippen molar-refractivity contribution < 1.29 is 9.18 Å². The average molecular weight is 450 g/mol. The molecule has 30 heavy (non-hydrogen) atoms. The molecule has 4 nitrogen and oxygen atoms in total. The van der Waals surface area contributed by atoms with Gasteiger partial charge in [-0.15, -0.1) is 0 Å². The predicted octanol–water partition coefficient (Wildman–Crippen LogP) is 5.72. The molecule has 4 rings (SSSR count). The second-order valence-electron chi connectivity index (χ2n) is 8.27. The summed E-state index contributed by atoms with van der Waals surface area (Å²) in [6.07, 6.45) is 5.77. The van der Waals surface area contributed by atoms with Crippen molar-refractivity contribution in [1.29, 1.82) is 0 Å². The first-order chi connectivity index (χ1) is 14.4. The predicted molar refractivity (Wildman–Crippen MR) is 121 cm³/mol. The number of halogens is 3. The zero-order valence-electron chi connectivity index (χ0n) is 16.7. The molecule has 0 aromatic heterocycles. The molecule has 2 aromatic rings. The fourth-order valence-electron chi connectivity index (χ4n) is 4.75. The fourth-order valence-corrected chi connectivity index (χ4v) is 5.10. The van der Waals surface area contributed by atoms with E-state index >= 15 is 0 Å². The number of anilines is 2. The van der Waals surface area contributed by atoms with Crippen molar-refractivity contribution in [3.8, 4) is 0 Å². The van der Waals surface area contributed by atoms with Gasteiger partial charge in [-0.1, -0.05) is 54.6 Å². The molecule has 0 bridgehead atoms. The molecule has 1 aliphatic carbocycles. The summed E-state index contributed by atoms with van der Waals surface area (Å²) in [4.78, 5) is 15.2. The molecule has 7 heteroatoms. The van der Waals surface area contributed by atoms with Crippen molar-refractivity contribution in [3.05, 3.63) is 57.8 Å². The Morgan fingerprint density at radius 1 is 1.10 bits per heavy atom. The molecule has 0 saturated heterocycles. The molecule has 1 aliphatic heterocycles. The van der Waals surface area contributed by atoms with Gasteiger partial charge < -0.3 is 16.0 Å². The van der Waals surface area contributed by atoms with Gasteiger partial charge in [-0.05, 0) is 42.7 Å². The SMILES string of the molecule is NC1CN(C2CCCCC2)c2ccc(Cl)cc2NC(=O)C[C@H]1c1cccc(Cl)c1F. The maximum atomic E-state index is 14.8. The number of amides is 1. The van der Waals surface area contributed by atoms with E-state index < -0.39 is 17.8 Å².